The standard InChI is InChI=1S/C14H25N3OS/c1-9(2)13(18)11(15-3)8-12(10-6-7-10)17(5)14(19)16-4/h9,11,15H,6-8H2,1-5H3,(H,16,19). The van der Waals surface area contributed by atoms with Crippen LogP contribution in [0.1, 0.15) is 33.1 Å². The molecule has 0 aromatic carbocycles. The van der Waals surface area contributed by atoms with Gasteiger partial charge in [-0.1, -0.05) is 13.8 Å². The van der Waals surface area contributed by atoms with Crippen LogP contribution in [0.4, 0.5) is 0 Å². The maximum atomic E-state index is 12.2. The van der Waals surface area contributed by atoms with Crippen LogP contribution in [0.5, 0.6) is 0 Å². The molecule has 0 amide bonds. The molecule has 1 fully saturated rings. The highest BCUT2D eigenvalue weighted by atomic mass is 32.1. The summed E-state index contributed by atoms with van der Waals surface area (Å²) >= 11 is 5.28. The lowest BCUT2D eigenvalue weighted by Crippen LogP contribution is -2.41. The molecule has 0 spiro atoms. The molecule has 1 atom stereocenters. The van der Waals surface area contributed by atoms with Crippen LogP contribution in [-0.4, -0.2) is 43.0 Å². The molecule has 1 unspecified atom stereocenters. The van der Waals surface area contributed by atoms with Crippen molar-refractivity contribution in [2.75, 3.05) is 21.1 Å². The second-order valence-corrected chi connectivity index (χ2v) is 5.65. The number of hydrogen-bond acceptors (Lipinski definition) is 3. The van der Waals surface area contributed by atoms with Crippen molar-refractivity contribution in [2.45, 2.75) is 39.2 Å². The Morgan fingerprint density at radius 2 is 1.95 bits per heavy atom. The van der Waals surface area contributed by atoms with Crippen molar-refractivity contribution in [3.05, 3.63) is 11.3 Å². The van der Waals surface area contributed by atoms with Gasteiger partial charge in [-0.05, 0) is 37.7 Å². The van der Waals surface area contributed by atoms with Gasteiger partial charge in [0.05, 0.1) is 6.04 Å². The van der Waals surface area contributed by atoms with Crippen molar-refractivity contribution in [3.8, 4) is 0 Å². The van der Waals surface area contributed by atoms with Gasteiger partial charge in [0.15, 0.2) is 10.9 Å². The maximum absolute atomic E-state index is 12.2. The van der Waals surface area contributed by atoms with E-state index >= 15 is 0 Å². The minimum absolute atomic E-state index is 0.0458. The molecule has 4 nitrogen and oxygen atoms in total. The fourth-order valence-corrected chi connectivity index (χ4v) is 2.21. The normalized spacial score (nSPS) is 15.2. The highest BCUT2D eigenvalue weighted by Crippen LogP contribution is 2.35. The molecule has 1 saturated carbocycles. The third kappa shape index (κ3) is 4.28. The molecule has 1 rings (SSSR count). The average Bonchev–Trinajstić information content (AvgIpc) is 3.22. The molecule has 1 aliphatic rings. The van der Waals surface area contributed by atoms with Gasteiger partial charge in [0.25, 0.3) is 0 Å². The molecule has 0 saturated heterocycles. The van der Waals surface area contributed by atoms with Gasteiger partial charge in [-0.2, -0.15) is 0 Å². The largest absolute Gasteiger partial charge is 0.365 e. The number of hydrogen-bond donors (Lipinski definition) is 2. The molecule has 0 aromatic rings. The molecule has 5 heteroatoms. The summed E-state index contributed by atoms with van der Waals surface area (Å²) in [7, 11) is 5.63. The van der Waals surface area contributed by atoms with Crippen molar-refractivity contribution in [1.29, 1.82) is 0 Å². The molecule has 0 radical (unpaired) electrons. The van der Waals surface area contributed by atoms with Crippen LogP contribution < -0.4 is 10.6 Å². The van der Waals surface area contributed by atoms with Crippen molar-refractivity contribution in [3.63, 3.8) is 0 Å². The maximum Gasteiger partial charge on any atom is 0.172 e. The fraction of sp³-hybridized carbons (Fsp3) is 0.714. The molecule has 0 bridgehead atoms. The average molecular weight is 283 g/mol. The Bertz CT molecular complexity index is 384. The van der Waals surface area contributed by atoms with E-state index in [1.54, 1.807) is 0 Å². The van der Waals surface area contributed by atoms with E-state index in [-0.39, 0.29) is 17.7 Å². The summed E-state index contributed by atoms with van der Waals surface area (Å²) in [5, 5.41) is 6.82. The van der Waals surface area contributed by atoms with Crippen LogP contribution >= 0.6 is 12.2 Å². The number of allylic oxidation sites excluding steroid dienone is 1. The number of carbonyl (C=O) groups is 1. The molecule has 2 N–H and O–H groups in total. The number of thiocarbonyl (C=S) groups is 1. The molecule has 0 aromatic heterocycles. The van der Waals surface area contributed by atoms with E-state index in [0.29, 0.717) is 11.5 Å². The summed E-state index contributed by atoms with van der Waals surface area (Å²) in [5.74, 6) is 0.300. The number of carbonyl (C=O) groups excluding carboxylic acids is 1. The van der Waals surface area contributed by atoms with E-state index in [0.717, 1.165) is 12.8 Å². The van der Waals surface area contributed by atoms with Gasteiger partial charge in [0.1, 0.15) is 0 Å². The number of ketones is 1. The van der Waals surface area contributed by atoms with Crippen molar-refractivity contribution < 1.29 is 4.79 Å². The first kappa shape index (κ1) is 16.1. The summed E-state index contributed by atoms with van der Waals surface area (Å²) in [4.78, 5) is 14.2. The molecular weight excluding hydrogens is 258 g/mol. The summed E-state index contributed by atoms with van der Waals surface area (Å²) in [6.07, 6.45) is 2.96. The molecule has 108 valence electrons. The quantitative estimate of drug-likeness (QED) is 0.726. The number of rotatable bonds is 6. The van der Waals surface area contributed by atoms with Gasteiger partial charge >= 0.3 is 0 Å². The summed E-state index contributed by atoms with van der Waals surface area (Å²) in [6.45, 7) is 3.89. The topological polar surface area (TPSA) is 44.4 Å². The van der Waals surface area contributed by atoms with Crippen LogP contribution in [-0.2, 0) is 4.79 Å². The molecule has 0 heterocycles. The minimum Gasteiger partial charge on any atom is -0.365 e. The summed E-state index contributed by atoms with van der Waals surface area (Å²) in [6, 6.07) is -0.134. The van der Waals surface area contributed by atoms with Gasteiger partial charge in [-0.25, -0.2) is 0 Å². The Kier molecular flexibility index (Phi) is 5.94. The SMILES string of the molecule is CNC(=S)N(C)C(CC(NC)C(=O)C(C)C)=C1CC1. The Morgan fingerprint density at radius 1 is 1.37 bits per heavy atom. The third-order valence-electron chi connectivity index (χ3n) is 3.49. The fourth-order valence-electron chi connectivity index (χ4n) is 2.10. The lowest BCUT2D eigenvalue weighted by molar-refractivity contribution is -0.123. The first-order valence-electron chi connectivity index (χ1n) is 6.79. The highest BCUT2D eigenvalue weighted by Gasteiger charge is 2.27. The van der Waals surface area contributed by atoms with E-state index in [1.807, 2.05) is 39.9 Å². The smallest absolute Gasteiger partial charge is 0.172 e. The van der Waals surface area contributed by atoms with Gasteiger partial charge in [-0.15, -0.1) is 0 Å². The van der Waals surface area contributed by atoms with Gasteiger partial charge in [0.2, 0.25) is 0 Å². The van der Waals surface area contributed by atoms with Crippen molar-refractivity contribution in [2.24, 2.45) is 5.92 Å². The van der Waals surface area contributed by atoms with Crippen LogP contribution in [0.15, 0.2) is 11.3 Å². The zero-order chi connectivity index (χ0) is 14.6. The van der Waals surface area contributed by atoms with E-state index < -0.39 is 0 Å². The third-order valence-corrected chi connectivity index (χ3v) is 3.97. The predicted octanol–water partition coefficient (Wildman–Crippen LogP) is 1.67. The molecule has 19 heavy (non-hydrogen) atoms. The highest BCUT2D eigenvalue weighted by molar-refractivity contribution is 7.80. The Morgan fingerprint density at radius 3 is 2.32 bits per heavy atom. The Labute approximate surface area is 121 Å². The number of Topliss-reactive ketones (excluding diaryl/α,β-unsaturated/α-hetero) is 1. The van der Waals surface area contributed by atoms with E-state index in [1.165, 1.54) is 11.3 Å². The monoisotopic (exact) mass is 283 g/mol. The van der Waals surface area contributed by atoms with E-state index in [9.17, 15) is 4.79 Å². The van der Waals surface area contributed by atoms with Crippen LogP contribution in [0.3, 0.4) is 0 Å². The Balaban J connectivity index is 2.83. The second-order valence-electron chi connectivity index (χ2n) is 5.27. The van der Waals surface area contributed by atoms with Gasteiger partial charge < -0.3 is 15.5 Å². The second kappa shape index (κ2) is 7.01. The van der Waals surface area contributed by atoms with Gasteiger partial charge in [-0.3, -0.25) is 4.79 Å². The zero-order valence-corrected chi connectivity index (χ0v) is 13.4. The molecular formula is C14H25N3OS. The minimum atomic E-state index is -0.134. The summed E-state index contributed by atoms with van der Waals surface area (Å²) < 4.78 is 0. The lowest BCUT2D eigenvalue weighted by Gasteiger charge is -2.27. The number of likely N-dealkylation sites (N-methyl/N-ethyl adjacent to an activating group) is 1. The number of nitrogens with zero attached hydrogens (tertiary/aromatic N) is 1. The molecule has 1 aliphatic carbocycles. The van der Waals surface area contributed by atoms with E-state index in [4.69, 9.17) is 12.2 Å². The Hall–Kier alpha value is -0.940. The zero-order valence-electron chi connectivity index (χ0n) is 12.5. The van der Waals surface area contributed by atoms with Crippen LogP contribution in [0.2, 0.25) is 0 Å². The lowest BCUT2D eigenvalue weighted by atomic mass is 9.97. The van der Waals surface area contributed by atoms with Crippen LogP contribution in [0.25, 0.3) is 0 Å². The predicted molar refractivity (Wildman–Crippen MR) is 83.0 cm³/mol. The number of nitrogens with one attached hydrogen (secondary N) is 2. The summed E-state index contributed by atoms with van der Waals surface area (Å²) in [5.41, 5.74) is 2.60. The molecule has 0 aliphatic heterocycles. The van der Waals surface area contributed by atoms with Gasteiger partial charge in [0, 0.05) is 32.1 Å². The van der Waals surface area contributed by atoms with Crippen molar-refractivity contribution in [1.82, 2.24) is 15.5 Å². The van der Waals surface area contributed by atoms with Crippen molar-refractivity contribution >= 4 is 23.1 Å². The van der Waals surface area contributed by atoms with E-state index in [2.05, 4.69) is 10.6 Å². The first-order valence-corrected chi connectivity index (χ1v) is 7.20. The van der Waals surface area contributed by atoms with Crippen LogP contribution in [0, 0.1) is 5.92 Å². The first-order chi connectivity index (χ1) is 8.92.